The van der Waals surface area contributed by atoms with Gasteiger partial charge in [-0.25, -0.2) is 0 Å². The highest BCUT2D eigenvalue weighted by Gasteiger charge is 2.32. The molecule has 140 valence electrons. The summed E-state index contributed by atoms with van der Waals surface area (Å²) in [7, 11) is 0. The first-order valence-corrected chi connectivity index (χ1v) is 10.2. The Morgan fingerprint density at radius 1 is 0.367 bits per heavy atom. The van der Waals surface area contributed by atoms with Crippen LogP contribution in [0.1, 0.15) is 27.0 Å². The zero-order chi connectivity index (χ0) is 20.1. The lowest BCUT2D eigenvalue weighted by Gasteiger charge is -2.13. The fourth-order valence-electron chi connectivity index (χ4n) is 4.71. The molecule has 0 bridgehead atoms. The van der Waals surface area contributed by atoms with Gasteiger partial charge in [0.05, 0.1) is 0 Å². The van der Waals surface area contributed by atoms with E-state index in [-0.39, 0.29) is 5.78 Å². The zero-order valence-electron chi connectivity index (χ0n) is 16.3. The molecule has 30 heavy (non-hydrogen) atoms. The molecule has 0 saturated carbocycles. The molecule has 1 heteroatoms. The molecule has 5 aromatic rings. The van der Waals surface area contributed by atoms with Crippen LogP contribution in [0, 0.1) is 0 Å². The molecule has 5 aromatic carbocycles. The molecular formula is C29H18O. The molecule has 1 nitrogen and oxygen atoms in total. The molecular weight excluding hydrogens is 364 g/mol. The van der Waals surface area contributed by atoms with E-state index in [0.717, 1.165) is 49.6 Å². The van der Waals surface area contributed by atoms with E-state index in [9.17, 15) is 4.79 Å². The number of ketones is 1. The van der Waals surface area contributed by atoms with Gasteiger partial charge >= 0.3 is 0 Å². The minimum absolute atomic E-state index is 0.102. The van der Waals surface area contributed by atoms with Gasteiger partial charge in [-0.15, -0.1) is 0 Å². The fourth-order valence-corrected chi connectivity index (χ4v) is 4.71. The van der Waals surface area contributed by atoms with Crippen LogP contribution in [-0.2, 0) is 0 Å². The van der Waals surface area contributed by atoms with E-state index in [1.54, 1.807) is 0 Å². The van der Waals surface area contributed by atoms with Gasteiger partial charge in [0.15, 0.2) is 5.78 Å². The van der Waals surface area contributed by atoms with Crippen LogP contribution in [0.3, 0.4) is 0 Å². The number of allylic oxidation sites excluding steroid dienone is 1. The van der Waals surface area contributed by atoms with Crippen molar-refractivity contribution in [2.45, 2.75) is 0 Å². The van der Waals surface area contributed by atoms with Gasteiger partial charge < -0.3 is 0 Å². The summed E-state index contributed by atoms with van der Waals surface area (Å²) in [5, 5.41) is 4.59. The summed E-state index contributed by atoms with van der Waals surface area (Å²) < 4.78 is 0. The normalized spacial score (nSPS) is 13.3. The second kappa shape index (κ2) is 6.53. The molecule has 0 saturated heterocycles. The Hall–Kier alpha value is -3.97. The number of benzene rings is 5. The van der Waals surface area contributed by atoms with Gasteiger partial charge in [-0.3, -0.25) is 4.79 Å². The number of hydrogen-bond acceptors (Lipinski definition) is 1. The monoisotopic (exact) mass is 382 g/mol. The van der Waals surface area contributed by atoms with Crippen LogP contribution in [0.2, 0.25) is 0 Å². The maximum atomic E-state index is 13.7. The average Bonchev–Trinajstić information content (AvgIpc) is 3.10. The molecule has 0 N–H and O–H groups in total. The maximum Gasteiger partial charge on any atom is 0.194 e. The Morgan fingerprint density at radius 2 is 0.800 bits per heavy atom. The molecule has 0 fully saturated rings. The number of hydrogen-bond donors (Lipinski definition) is 0. The molecule has 1 aliphatic carbocycles. The lowest BCUT2D eigenvalue weighted by atomic mass is 9.89. The predicted molar refractivity (Wildman–Crippen MR) is 125 cm³/mol. The van der Waals surface area contributed by atoms with Gasteiger partial charge in [0, 0.05) is 16.7 Å². The fraction of sp³-hybridized carbons (Fsp3) is 0. The van der Waals surface area contributed by atoms with E-state index in [1.807, 2.05) is 36.4 Å². The first-order valence-electron chi connectivity index (χ1n) is 10.2. The van der Waals surface area contributed by atoms with E-state index in [2.05, 4.69) is 72.8 Å². The Bertz CT molecular complexity index is 1490. The summed E-state index contributed by atoms with van der Waals surface area (Å²) in [4.78, 5) is 13.7. The number of fused-ring (bicyclic) bond motifs is 3. The Morgan fingerprint density at radius 3 is 1.43 bits per heavy atom. The van der Waals surface area contributed by atoms with Gasteiger partial charge in [0.2, 0.25) is 0 Å². The molecule has 0 unspecified atom stereocenters. The second-order valence-electron chi connectivity index (χ2n) is 7.68. The standard InChI is InChI=1S/C29H18O/c30-29-26-16-6-5-15-25(26)27(23-17-7-11-19-9-1-3-13-21(19)23)28(29)24-18-8-12-20-10-2-4-14-22(20)24/h1-18H. The molecule has 1 aliphatic rings. The maximum absolute atomic E-state index is 13.7. The van der Waals surface area contributed by atoms with E-state index in [4.69, 9.17) is 0 Å². The Kier molecular flexibility index (Phi) is 3.69. The van der Waals surface area contributed by atoms with Crippen molar-refractivity contribution >= 4 is 38.5 Å². The van der Waals surface area contributed by atoms with Crippen LogP contribution in [-0.4, -0.2) is 5.78 Å². The van der Waals surface area contributed by atoms with Crippen molar-refractivity contribution in [3.63, 3.8) is 0 Å². The van der Waals surface area contributed by atoms with Gasteiger partial charge in [0.25, 0.3) is 0 Å². The van der Waals surface area contributed by atoms with Gasteiger partial charge in [-0.05, 0) is 38.2 Å². The van der Waals surface area contributed by atoms with Gasteiger partial charge in [-0.1, -0.05) is 109 Å². The first kappa shape index (κ1) is 16.9. The number of carbonyl (C=O) groups is 1. The van der Waals surface area contributed by atoms with Crippen LogP contribution in [0.5, 0.6) is 0 Å². The quantitative estimate of drug-likeness (QED) is 0.317. The Balaban J connectivity index is 1.77. The van der Waals surface area contributed by atoms with Crippen molar-refractivity contribution < 1.29 is 4.79 Å². The summed E-state index contributed by atoms with van der Waals surface area (Å²) in [5.41, 5.74) is 5.73. The molecule has 0 amide bonds. The SMILES string of the molecule is O=C1C(c2cccc3ccccc23)=C(c2cccc3ccccc23)c2ccccc21. The van der Waals surface area contributed by atoms with Crippen LogP contribution < -0.4 is 0 Å². The largest absolute Gasteiger partial charge is 0.289 e. The van der Waals surface area contributed by atoms with Crippen molar-refractivity contribution in [1.29, 1.82) is 0 Å². The van der Waals surface area contributed by atoms with Crippen LogP contribution in [0.4, 0.5) is 0 Å². The summed E-state index contributed by atoms with van der Waals surface area (Å²) in [5.74, 6) is 0.102. The number of Topliss-reactive ketones (excluding diaryl/α,β-unsaturated/α-hetero) is 1. The zero-order valence-corrected chi connectivity index (χ0v) is 16.3. The highest BCUT2D eigenvalue weighted by atomic mass is 16.1. The first-order chi connectivity index (χ1) is 14.8. The van der Waals surface area contributed by atoms with Crippen molar-refractivity contribution in [3.8, 4) is 0 Å². The van der Waals surface area contributed by atoms with Crippen molar-refractivity contribution in [3.05, 3.63) is 131 Å². The van der Waals surface area contributed by atoms with Gasteiger partial charge in [0.1, 0.15) is 0 Å². The molecule has 0 radical (unpaired) electrons. The smallest absolute Gasteiger partial charge is 0.194 e. The van der Waals surface area contributed by atoms with E-state index < -0.39 is 0 Å². The molecule has 0 heterocycles. The van der Waals surface area contributed by atoms with Gasteiger partial charge in [-0.2, -0.15) is 0 Å². The highest BCUT2D eigenvalue weighted by Crippen LogP contribution is 2.45. The third-order valence-electron chi connectivity index (χ3n) is 6.04. The molecule has 0 spiro atoms. The molecule has 0 atom stereocenters. The van der Waals surface area contributed by atoms with E-state index >= 15 is 0 Å². The summed E-state index contributed by atoms with van der Waals surface area (Å²) in [6.45, 7) is 0. The highest BCUT2D eigenvalue weighted by molar-refractivity contribution is 6.43. The summed E-state index contributed by atoms with van der Waals surface area (Å²) in [6, 6.07) is 37.2. The number of carbonyl (C=O) groups excluding carboxylic acids is 1. The van der Waals surface area contributed by atoms with E-state index in [1.165, 1.54) is 5.39 Å². The number of rotatable bonds is 2. The van der Waals surface area contributed by atoms with Crippen molar-refractivity contribution in [2.75, 3.05) is 0 Å². The lowest BCUT2D eigenvalue weighted by molar-refractivity contribution is 0.105. The summed E-state index contributed by atoms with van der Waals surface area (Å²) in [6.07, 6.45) is 0. The van der Waals surface area contributed by atoms with Crippen LogP contribution >= 0.6 is 0 Å². The topological polar surface area (TPSA) is 17.1 Å². The lowest BCUT2D eigenvalue weighted by Crippen LogP contribution is -1.99. The van der Waals surface area contributed by atoms with Crippen LogP contribution in [0.25, 0.3) is 32.7 Å². The van der Waals surface area contributed by atoms with Crippen molar-refractivity contribution in [2.24, 2.45) is 0 Å². The minimum Gasteiger partial charge on any atom is -0.289 e. The average molecular weight is 382 g/mol. The molecule has 6 rings (SSSR count). The van der Waals surface area contributed by atoms with E-state index in [0.29, 0.717) is 0 Å². The molecule has 0 aliphatic heterocycles. The summed E-state index contributed by atoms with van der Waals surface area (Å²) >= 11 is 0. The third kappa shape index (κ3) is 2.39. The van der Waals surface area contributed by atoms with Crippen LogP contribution in [0.15, 0.2) is 109 Å². The minimum atomic E-state index is 0.102. The van der Waals surface area contributed by atoms with Crippen molar-refractivity contribution in [1.82, 2.24) is 0 Å². The second-order valence-corrected chi connectivity index (χ2v) is 7.68. The Labute approximate surface area is 174 Å². The molecule has 0 aromatic heterocycles. The predicted octanol–water partition coefficient (Wildman–Crippen LogP) is 7.15. The third-order valence-corrected chi connectivity index (χ3v) is 6.04.